The van der Waals surface area contributed by atoms with E-state index in [4.69, 9.17) is 17.0 Å². The van der Waals surface area contributed by atoms with Crippen molar-refractivity contribution in [1.29, 1.82) is 0 Å². The molecular weight excluding hydrogens is 464 g/mol. The van der Waals surface area contributed by atoms with Gasteiger partial charge in [-0.05, 0) is 68.4 Å². The Morgan fingerprint density at radius 1 is 1.06 bits per heavy atom. The lowest BCUT2D eigenvalue weighted by molar-refractivity contribution is 0.0528. The van der Waals surface area contributed by atoms with Gasteiger partial charge >= 0.3 is 5.97 Å². The number of aryl methyl sites for hydroxylation is 2. The molecule has 0 aliphatic rings. The minimum absolute atomic E-state index is 0.305. The highest BCUT2D eigenvalue weighted by Crippen LogP contribution is 2.36. The number of nitrogens with one attached hydrogen (secondary N) is 2. The molecule has 0 aliphatic carbocycles. The molecule has 0 bridgehead atoms. The van der Waals surface area contributed by atoms with Crippen LogP contribution in [0, 0.1) is 13.8 Å². The normalized spacial score (nSPS) is 10.7. The van der Waals surface area contributed by atoms with Gasteiger partial charge in [0.05, 0.1) is 24.4 Å². The molecule has 0 spiro atoms. The Bertz CT molecular complexity index is 1310. The van der Waals surface area contributed by atoms with Crippen LogP contribution in [-0.2, 0) is 11.3 Å². The second-order valence-electron chi connectivity index (χ2n) is 7.80. The summed E-state index contributed by atoms with van der Waals surface area (Å²) < 4.78 is 7.24. The molecule has 2 aromatic carbocycles. The van der Waals surface area contributed by atoms with E-state index >= 15 is 0 Å². The van der Waals surface area contributed by atoms with Crippen LogP contribution in [0.25, 0.3) is 10.4 Å². The number of esters is 1. The van der Waals surface area contributed by atoms with Crippen LogP contribution in [0.4, 0.5) is 10.7 Å². The van der Waals surface area contributed by atoms with Gasteiger partial charge in [-0.25, -0.2) is 4.79 Å². The number of aromatic nitrogens is 2. The SMILES string of the molecule is CCOC(=O)c1cc(-c2ccccc2)sc1NC(=S)Nc1cccc(Cn2nc(C)cc2C)c1. The molecule has 0 unspecified atom stereocenters. The summed E-state index contributed by atoms with van der Waals surface area (Å²) in [5.74, 6) is -0.377. The molecule has 2 heterocycles. The fraction of sp³-hybridized carbons (Fsp3) is 0.192. The van der Waals surface area contributed by atoms with Crippen LogP contribution in [0.2, 0.25) is 0 Å². The highest BCUT2D eigenvalue weighted by Gasteiger charge is 2.19. The summed E-state index contributed by atoms with van der Waals surface area (Å²) in [4.78, 5) is 13.5. The molecule has 6 nitrogen and oxygen atoms in total. The highest BCUT2D eigenvalue weighted by atomic mass is 32.1. The van der Waals surface area contributed by atoms with Gasteiger partial charge in [-0.2, -0.15) is 5.10 Å². The third kappa shape index (κ3) is 5.70. The summed E-state index contributed by atoms with van der Waals surface area (Å²) >= 11 is 7.03. The maximum atomic E-state index is 12.6. The lowest BCUT2D eigenvalue weighted by Gasteiger charge is -2.12. The summed E-state index contributed by atoms with van der Waals surface area (Å²) in [7, 11) is 0. The van der Waals surface area contributed by atoms with Crippen molar-refractivity contribution < 1.29 is 9.53 Å². The number of nitrogens with zero attached hydrogens (tertiary/aromatic N) is 2. The van der Waals surface area contributed by atoms with Gasteiger partial charge in [-0.1, -0.05) is 42.5 Å². The monoisotopic (exact) mass is 490 g/mol. The quantitative estimate of drug-likeness (QED) is 0.235. The molecule has 0 atom stereocenters. The molecule has 0 saturated carbocycles. The Morgan fingerprint density at radius 3 is 2.56 bits per heavy atom. The number of carbonyl (C=O) groups is 1. The second kappa shape index (κ2) is 10.6. The van der Waals surface area contributed by atoms with Crippen molar-refractivity contribution in [3.8, 4) is 10.4 Å². The average Bonchev–Trinajstić information content (AvgIpc) is 3.37. The van der Waals surface area contributed by atoms with E-state index in [2.05, 4.69) is 27.9 Å². The minimum Gasteiger partial charge on any atom is -0.462 e. The van der Waals surface area contributed by atoms with Crippen molar-refractivity contribution in [3.05, 3.63) is 89.2 Å². The molecule has 2 N–H and O–H groups in total. The summed E-state index contributed by atoms with van der Waals surface area (Å²) in [5.41, 5.74) is 5.57. The summed E-state index contributed by atoms with van der Waals surface area (Å²) in [6, 6.07) is 21.9. The zero-order chi connectivity index (χ0) is 24.1. The number of rotatable bonds is 7. The lowest BCUT2D eigenvalue weighted by atomic mass is 10.1. The molecule has 174 valence electrons. The van der Waals surface area contributed by atoms with E-state index in [1.54, 1.807) is 6.92 Å². The van der Waals surface area contributed by atoms with E-state index in [-0.39, 0.29) is 5.97 Å². The van der Waals surface area contributed by atoms with Crippen LogP contribution < -0.4 is 10.6 Å². The smallest absolute Gasteiger partial charge is 0.341 e. The molecule has 0 saturated heterocycles. The fourth-order valence-electron chi connectivity index (χ4n) is 3.61. The number of anilines is 2. The standard InChI is InChI=1S/C26H26N4O2S2/c1-4-32-25(31)22-15-23(20-10-6-5-7-11-20)34-24(22)28-26(33)27-21-12-8-9-19(14-21)16-30-18(3)13-17(2)29-30/h5-15H,4,16H2,1-3H3,(H2,27,28,33). The van der Waals surface area contributed by atoms with E-state index < -0.39 is 0 Å². The van der Waals surface area contributed by atoms with E-state index in [0.29, 0.717) is 28.8 Å². The Hall–Kier alpha value is -3.49. The van der Waals surface area contributed by atoms with Gasteiger partial charge < -0.3 is 15.4 Å². The van der Waals surface area contributed by atoms with Crippen LogP contribution in [0.1, 0.15) is 34.2 Å². The summed E-state index contributed by atoms with van der Waals surface area (Å²) in [6.07, 6.45) is 0. The van der Waals surface area contributed by atoms with Gasteiger partial charge in [0.25, 0.3) is 0 Å². The zero-order valence-corrected chi connectivity index (χ0v) is 20.9. The lowest BCUT2D eigenvalue weighted by Crippen LogP contribution is -2.20. The number of benzene rings is 2. The maximum absolute atomic E-state index is 12.6. The van der Waals surface area contributed by atoms with E-state index in [1.165, 1.54) is 11.3 Å². The van der Waals surface area contributed by atoms with Gasteiger partial charge in [0.15, 0.2) is 5.11 Å². The Balaban J connectivity index is 1.51. The summed E-state index contributed by atoms with van der Waals surface area (Å²) in [6.45, 7) is 6.81. The Kier molecular flexibility index (Phi) is 7.40. The van der Waals surface area contributed by atoms with Gasteiger partial charge in [0, 0.05) is 16.3 Å². The molecule has 2 aromatic heterocycles. The van der Waals surface area contributed by atoms with Crippen molar-refractivity contribution in [3.63, 3.8) is 0 Å². The van der Waals surface area contributed by atoms with Crippen molar-refractivity contribution in [1.82, 2.24) is 9.78 Å². The molecule has 0 amide bonds. The molecule has 0 fully saturated rings. The molecule has 4 rings (SSSR count). The van der Waals surface area contributed by atoms with Crippen LogP contribution in [0.15, 0.2) is 66.7 Å². The van der Waals surface area contributed by atoms with Crippen molar-refractivity contribution in [2.75, 3.05) is 17.2 Å². The Labute approximate surface area is 208 Å². The number of ether oxygens (including phenoxy) is 1. The number of thiocarbonyl (C=S) groups is 1. The number of hydrogen-bond acceptors (Lipinski definition) is 5. The van der Waals surface area contributed by atoms with E-state index in [0.717, 1.165) is 33.1 Å². The van der Waals surface area contributed by atoms with Crippen LogP contribution >= 0.6 is 23.6 Å². The first-order valence-electron chi connectivity index (χ1n) is 11.0. The van der Waals surface area contributed by atoms with Crippen molar-refractivity contribution in [2.45, 2.75) is 27.3 Å². The molecule has 8 heteroatoms. The fourth-order valence-corrected chi connectivity index (χ4v) is 4.95. The number of hydrogen-bond donors (Lipinski definition) is 2. The molecular formula is C26H26N4O2S2. The average molecular weight is 491 g/mol. The molecule has 0 aliphatic heterocycles. The van der Waals surface area contributed by atoms with Crippen molar-refractivity contribution >= 4 is 45.3 Å². The first-order chi connectivity index (χ1) is 16.4. The first kappa shape index (κ1) is 23.7. The molecule has 0 radical (unpaired) electrons. The largest absolute Gasteiger partial charge is 0.462 e. The molecule has 4 aromatic rings. The van der Waals surface area contributed by atoms with Gasteiger partial charge in [-0.3, -0.25) is 4.68 Å². The minimum atomic E-state index is -0.377. The summed E-state index contributed by atoms with van der Waals surface area (Å²) in [5, 5.41) is 12.0. The number of carbonyl (C=O) groups excluding carboxylic acids is 1. The van der Waals surface area contributed by atoms with Crippen LogP contribution in [-0.4, -0.2) is 27.5 Å². The zero-order valence-electron chi connectivity index (χ0n) is 19.3. The van der Waals surface area contributed by atoms with E-state index in [1.807, 2.05) is 73.1 Å². The van der Waals surface area contributed by atoms with Crippen LogP contribution in [0.5, 0.6) is 0 Å². The first-order valence-corrected chi connectivity index (χ1v) is 12.2. The number of thiophene rings is 1. The Morgan fingerprint density at radius 2 is 1.85 bits per heavy atom. The van der Waals surface area contributed by atoms with Crippen molar-refractivity contribution in [2.24, 2.45) is 0 Å². The maximum Gasteiger partial charge on any atom is 0.341 e. The van der Waals surface area contributed by atoms with Gasteiger partial charge in [0.1, 0.15) is 5.00 Å². The molecule has 34 heavy (non-hydrogen) atoms. The predicted molar refractivity (Wildman–Crippen MR) is 143 cm³/mol. The third-order valence-electron chi connectivity index (χ3n) is 5.13. The van der Waals surface area contributed by atoms with Gasteiger partial charge in [-0.15, -0.1) is 11.3 Å². The van der Waals surface area contributed by atoms with Gasteiger partial charge in [0.2, 0.25) is 0 Å². The second-order valence-corrected chi connectivity index (χ2v) is 9.26. The third-order valence-corrected chi connectivity index (χ3v) is 6.44. The van der Waals surface area contributed by atoms with Crippen LogP contribution in [0.3, 0.4) is 0 Å². The predicted octanol–water partition coefficient (Wildman–Crippen LogP) is 6.26. The highest BCUT2D eigenvalue weighted by molar-refractivity contribution is 7.80. The topological polar surface area (TPSA) is 68.2 Å². The van der Waals surface area contributed by atoms with E-state index in [9.17, 15) is 4.79 Å².